The number of carbonyl (C=O) groups is 3. The Morgan fingerprint density at radius 1 is 0.862 bits per heavy atom. The van der Waals surface area contributed by atoms with Gasteiger partial charge in [-0.2, -0.15) is 0 Å². The van der Waals surface area contributed by atoms with Crippen LogP contribution in [0.4, 0.5) is 0 Å². The Labute approximate surface area is 342 Å². The van der Waals surface area contributed by atoms with E-state index in [0.29, 0.717) is 46.8 Å². The number of esters is 3. The minimum absolute atomic E-state index is 0.0752. The van der Waals surface area contributed by atoms with Crippen molar-refractivity contribution in [3.63, 3.8) is 0 Å². The molecule has 6 heterocycles. The van der Waals surface area contributed by atoms with Gasteiger partial charge in [-0.1, -0.05) is 65.2 Å². The van der Waals surface area contributed by atoms with E-state index >= 15 is 0 Å². The summed E-state index contributed by atoms with van der Waals surface area (Å²) in [7, 11) is 1.38. The van der Waals surface area contributed by atoms with Crippen LogP contribution in [0.3, 0.4) is 0 Å². The lowest BCUT2D eigenvalue weighted by atomic mass is 9.84. The van der Waals surface area contributed by atoms with Gasteiger partial charge in [0.15, 0.2) is 0 Å². The van der Waals surface area contributed by atoms with E-state index in [4.69, 9.17) is 29.2 Å². The smallest absolute Gasteiger partial charge is 0.321 e. The SMILES string of the molecule is CCC1=C(C)C2=NC1=CC1=C(C)C3=C(O)[C@@H]4C(=O)OCCCCCCCCCCCCC(=O)OCC5=C(C)C(=NC5=C2)C=C2NC(=C4C3=N1)[C@@H](CCC(=O)OC)[C@@H]2C. The summed E-state index contributed by atoms with van der Waals surface area (Å²) in [5, 5.41) is 15.8. The first-order valence-electron chi connectivity index (χ1n) is 21.4. The van der Waals surface area contributed by atoms with E-state index < -0.39 is 11.9 Å². The van der Waals surface area contributed by atoms with E-state index in [1.54, 1.807) is 0 Å². The van der Waals surface area contributed by atoms with Crippen LogP contribution < -0.4 is 5.32 Å². The van der Waals surface area contributed by atoms with E-state index in [1.807, 2.05) is 32.1 Å². The van der Waals surface area contributed by atoms with Gasteiger partial charge < -0.3 is 24.6 Å². The summed E-state index contributed by atoms with van der Waals surface area (Å²) in [5.41, 5.74) is 11.4. The second-order valence-corrected chi connectivity index (χ2v) is 16.5. The number of aliphatic hydroxyl groups is 1. The predicted molar refractivity (Wildman–Crippen MR) is 225 cm³/mol. The number of fused-ring (bicyclic) bond motifs is 4. The molecule has 7 rings (SSSR count). The number of aliphatic hydroxyl groups excluding tert-OH is 1. The fourth-order valence-electron chi connectivity index (χ4n) is 9.25. The number of rotatable bonds is 4. The van der Waals surface area contributed by atoms with E-state index in [-0.39, 0.29) is 49.2 Å². The molecule has 6 aliphatic heterocycles. The quantitative estimate of drug-likeness (QED) is 0.212. The molecule has 0 spiro atoms. The molecule has 7 aliphatic rings. The number of allylic oxidation sites excluding steroid dienone is 10. The largest absolute Gasteiger partial charge is 0.510 e. The van der Waals surface area contributed by atoms with E-state index in [1.165, 1.54) is 7.11 Å². The van der Waals surface area contributed by atoms with Crippen LogP contribution in [0.2, 0.25) is 0 Å². The number of methoxy groups -OCH3 is 1. The van der Waals surface area contributed by atoms with Crippen molar-refractivity contribution >= 4 is 35.0 Å². The number of hydrogen-bond acceptors (Lipinski definition) is 11. The molecule has 0 aromatic rings. The van der Waals surface area contributed by atoms with Gasteiger partial charge in [-0.15, -0.1) is 0 Å². The molecule has 0 radical (unpaired) electrons. The first kappa shape index (κ1) is 41.1. The topological polar surface area (TPSA) is 148 Å². The van der Waals surface area contributed by atoms with Gasteiger partial charge >= 0.3 is 17.9 Å². The average molecular weight is 791 g/mol. The van der Waals surface area contributed by atoms with Gasteiger partial charge in [0.1, 0.15) is 18.3 Å². The van der Waals surface area contributed by atoms with E-state index in [0.717, 1.165) is 121 Å². The van der Waals surface area contributed by atoms with Crippen LogP contribution >= 0.6 is 0 Å². The maximum atomic E-state index is 14.2. The Kier molecular flexibility index (Phi) is 12.6. The number of ether oxygens (including phenoxy) is 3. The molecule has 0 saturated carbocycles. The predicted octanol–water partition coefficient (Wildman–Crippen LogP) is 9.23. The molecule has 0 aromatic carbocycles. The van der Waals surface area contributed by atoms with E-state index in [9.17, 15) is 19.5 Å². The lowest BCUT2D eigenvalue weighted by Gasteiger charge is -2.20. The molecule has 3 atom stereocenters. The molecular weight excluding hydrogens is 733 g/mol. The van der Waals surface area contributed by atoms with Crippen molar-refractivity contribution in [2.75, 3.05) is 20.3 Å². The van der Waals surface area contributed by atoms with Gasteiger partial charge in [0.25, 0.3) is 0 Å². The van der Waals surface area contributed by atoms with Crippen molar-refractivity contribution in [2.45, 2.75) is 125 Å². The van der Waals surface area contributed by atoms with Crippen LogP contribution in [-0.4, -0.2) is 60.5 Å². The summed E-state index contributed by atoms with van der Waals surface area (Å²) < 4.78 is 17.0. The molecule has 11 heteroatoms. The molecule has 10 bridgehead atoms. The third-order valence-corrected chi connectivity index (χ3v) is 12.8. The normalized spacial score (nSPS) is 26.1. The number of nitrogens with one attached hydrogen (secondary N) is 1. The number of hydrogen-bond donors (Lipinski definition) is 2. The maximum Gasteiger partial charge on any atom is 0.321 e. The number of carbonyl (C=O) groups excluding carboxylic acids is 3. The molecule has 308 valence electrons. The molecular formula is C47H58N4O7. The van der Waals surface area contributed by atoms with Gasteiger partial charge in [0.05, 0.1) is 47.9 Å². The second-order valence-electron chi connectivity index (χ2n) is 16.5. The summed E-state index contributed by atoms with van der Waals surface area (Å²) in [5.74, 6) is -2.63. The zero-order valence-electron chi connectivity index (χ0n) is 35.0. The highest BCUT2D eigenvalue weighted by atomic mass is 16.5. The molecule has 1 aliphatic carbocycles. The van der Waals surface area contributed by atoms with Gasteiger partial charge in [-0.05, 0) is 87.0 Å². The highest BCUT2D eigenvalue weighted by Crippen LogP contribution is 2.49. The summed E-state index contributed by atoms with van der Waals surface area (Å²) in [6.07, 6.45) is 17.9. The number of nitrogens with zero attached hydrogens (tertiary/aromatic N) is 3. The van der Waals surface area contributed by atoms with Gasteiger partial charge in [-0.25, -0.2) is 15.0 Å². The Bertz CT molecular complexity index is 2130. The number of aliphatic imine (C=N–C) groups is 3. The Morgan fingerprint density at radius 2 is 1.53 bits per heavy atom. The van der Waals surface area contributed by atoms with Crippen molar-refractivity contribution in [3.05, 3.63) is 91.5 Å². The molecule has 0 unspecified atom stereocenters. The van der Waals surface area contributed by atoms with Crippen molar-refractivity contribution in [2.24, 2.45) is 32.7 Å². The maximum absolute atomic E-state index is 14.2. The average Bonchev–Trinajstić information content (AvgIpc) is 3.95. The zero-order valence-corrected chi connectivity index (χ0v) is 35.0. The van der Waals surface area contributed by atoms with Crippen molar-refractivity contribution < 1.29 is 33.7 Å². The summed E-state index contributed by atoms with van der Waals surface area (Å²) in [6.45, 7) is 10.5. The Hall–Kier alpha value is -5.06. The zero-order chi connectivity index (χ0) is 41.1. The summed E-state index contributed by atoms with van der Waals surface area (Å²) >= 11 is 0. The van der Waals surface area contributed by atoms with Crippen LogP contribution in [0.1, 0.15) is 125 Å². The highest BCUT2D eigenvalue weighted by Gasteiger charge is 2.49. The second kappa shape index (κ2) is 17.8. The third kappa shape index (κ3) is 8.14. The third-order valence-electron chi connectivity index (χ3n) is 12.8. The van der Waals surface area contributed by atoms with Crippen LogP contribution in [0.15, 0.2) is 106 Å². The van der Waals surface area contributed by atoms with Crippen LogP contribution in [0.5, 0.6) is 0 Å². The molecule has 0 aromatic heterocycles. The molecule has 2 N–H and O–H groups in total. The summed E-state index contributed by atoms with van der Waals surface area (Å²) in [4.78, 5) is 55.4. The molecule has 0 amide bonds. The minimum atomic E-state index is -1.09. The fourth-order valence-corrected chi connectivity index (χ4v) is 9.25. The minimum Gasteiger partial charge on any atom is -0.510 e. The monoisotopic (exact) mass is 790 g/mol. The number of cyclic esters (lactones) is 2. The lowest BCUT2D eigenvalue weighted by Crippen LogP contribution is -2.26. The Balaban J connectivity index is 1.40. The van der Waals surface area contributed by atoms with Gasteiger partial charge in [0.2, 0.25) is 0 Å². The van der Waals surface area contributed by atoms with Crippen molar-refractivity contribution in [1.29, 1.82) is 0 Å². The van der Waals surface area contributed by atoms with Gasteiger partial charge in [-0.3, -0.25) is 14.4 Å². The summed E-state index contributed by atoms with van der Waals surface area (Å²) in [6, 6.07) is 0. The molecule has 11 nitrogen and oxygen atoms in total. The van der Waals surface area contributed by atoms with Crippen LogP contribution in [0, 0.1) is 17.8 Å². The van der Waals surface area contributed by atoms with Crippen molar-refractivity contribution in [3.8, 4) is 0 Å². The molecule has 1 saturated heterocycles. The van der Waals surface area contributed by atoms with Crippen LogP contribution in [0.25, 0.3) is 0 Å². The highest BCUT2D eigenvalue weighted by molar-refractivity contribution is 6.24. The first-order valence-corrected chi connectivity index (χ1v) is 21.4. The fraction of sp³-hybridized carbons (Fsp3) is 0.532. The van der Waals surface area contributed by atoms with Gasteiger partial charge in [0, 0.05) is 52.8 Å². The molecule has 58 heavy (non-hydrogen) atoms. The molecule has 1 fully saturated rings. The van der Waals surface area contributed by atoms with Crippen molar-refractivity contribution in [1.82, 2.24) is 5.32 Å². The first-order chi connectivity index (χ1) is 28.0. The standard InChI is InChI=1S/C47H58N4O7/c1-7-30-26(2)34-23-38-32-25-58-40(53)18-16-14-12-10-8-9-11-13-15-17-21-57-47(55)43-42(45-41(46(43)54)29(5)36(51-45)24-37(30)48-34)44-31(19-20-39(52)56-6)27(3)35(50-44)22-33(49-38)28(32)4/h22-24,27,31,43,50,54H,7-21,25H2,1-6H3/t27-,31-,43+/m0/s1. The Morgan fingerprint density at radius 3 is 2.24 bits per heavy atom. The lowest BCUT2D eigenvalue weighted by molar-refractivity contribution is -0.147. The van der Waals surface area contributed by atoms with Crippen LogP contribution in [-0.2, 0) is 28.6 Å². The van der Waals surface area contributed by atoms with E-state index in [2.05, 4.69) is 26.1 Å².